The van der Waals surface area contributed by atoms with Gasteiger partial charge in [0.15, 0.2) is 5.78 Å². The molecule has 0 saturated heterocycles. The van der Waals surface area contributed by atoms with Crippen molar-refractivity contribution in [3.05, 3.63) is 0 Å². The zero-order valence-corrected chi connectivity index (χ0v) is 5.11. The molecule has 42 valence electrons. The molecular formula is C4H9NOS. The Kier molecular flexibility index (Phi) is 3.04. The first-order valence-corrected chi connectivity index (χ1v) is 2.61. The normalized spacial score (nSPS) is 13.6. The molecule has 0 heterocycles. The van der Waals surface area contributed by atoms with Gasteiger partial charge in [-0.2, -0.15) is 12.6 Å². The maximum Gasteiger partial charge on any atom is 0.158 e. The number of carbonyl (C=O) groups is 1. The van der Waals surface area contributed by atoms with Crippen molar-refractivity contribution in [2.24, 2.45) is 5.73 Å². The predicted octanol–water partition coefficient (Wildman–Crippen LogP) is -0.168. The van der Waals surface area contributed by atoms with Gasteiger partial charge in [0.05, 0.1) is 11.8 Å². The standard InChI is InChI=1S/C4H9NOS/c1-3(7)4(6)2-5/h3,7H,2,5H2,1H3. The maximum absolute atomic E-state index is 10.3. The van der Waals surface area contributed by atoms with Gasteiger partial charge in [-0.25, -0.2) is 0 Å². The number of ketones is 1. The molecule has 0 aliphatic rings. The summed E-state index contributed by atoms with van der Waals surface area (Å²) in [5.41, 5.74) is 4.97. The number of hydrogen-bond acceptors (Lipinski definition) is 3. The Bertz CT molecular complexity index is 72.1. The van der Waals surface area contributed by atoms with Gasteiger partial charge >= 0.3 is 0 Å². The average Bonchev–Trinajstić information content (AvgIpc) is 1.65. The van der Waals surface area contributed by atoms with Crippen molar-refractivity contribution < 1.29 is 4.79 Å². The van der Waals surface area contributed by atoms with Crippen LogP contribution in [0.15, 0.2) is 0 Å². The molecule has 2 N–H and O–H groups in total. The molecule has 1 atom stereocenters. The Labute approximate surface area is 48.5 Å². The lowest BCUT2D eigenvalue weighted by molar-refractivity contribution is -0.116. The third-order valence-electron chi connectivity index (χ3n) is 0.667. The topological polar surface area (TPSA) is 43.1 Å². The summed E-state index contributed by atoms with van der Waals surface area (Å²) >= 11 is 3.84. The molecule has 2 nitrogen and oxygen atoms in total. The van der Waals surface area contributed by atoms with Crippen LogP contribution in [-0.4, -0.2) is 17.6 Å². The number of thiol groups is 1. The second-order valence-corrected chi connectivity index (χ2v) is 2.12. The van der Waals surface area contributed by atoms with Crippen LogP contribution < -0.4 is 5.73 Å². The molecule has 0 aromatic rings. The lowest BCUT2D eigenvalue weighted by Gasteiger charge is -1.95. The summed E-state index contributed by atoms with van der Waals surface area (Å²) in [5, 5.41) is -0.204. The molecular weight excluding hydrogens is 110 g/mol. The Morgan fingerprint density at radius 3 is 2.43 bits per heavy atom. The molecule has 0 bridgehead atoms. The zero-order valence-electron chi connectivity index (χ0n) is 4.22. The van der Waals surface area contributed by atoms with Crippen molar-refractivity contribution in [2.45, 2.75) is 12.2 Å². The van der Waals surface area contributed by atoms with Crippen molar-refractivity contribution in [1.29, 1.82) is 0 Å². The fourth-order valence-electron chi connectivity index (χ4n) is 0.171. The Hall–Kier alpha value is -0.0200. The molecule has 0 aromatic heterocycles. The molecule has 0 saturated carbocycles. The Morgan fingerprint density at radius 2 is 2.43 bits per heavy atom. The molecule has 3 heteroatoms. The van der Waals surface area contributed by atoms with Crippen molar-refractivity contribution in [2.75, 3.05) is 6.54 Å². The monoisotopic (exact) mass is 119 g/mol. The van der Waals surface area contributed by atoms with Gasteiger partial charge in [0.25, 0.3) is 0 Å². The molecule has 0 aromatic carbocycles. The van der Waals surface area contributed by atoms with Crippen LogP contribution >= 0.6 is 12.6 Å². The number of hydrogen-bond donors (Lipinski definition) is 2. The van der Waals surface area contributed by atoms with Crippen LogP contribution in [-0.2, 0) is 4.79 Å². The van der Waals surface area contributed by atoms with Crippen LogP contribution in [0.2, 0.25) is 0 Å². The fourth-order valence-corrected chi connectivity index (χ4v) is 0.276. The van der Waals surface area contributed by atoms with Crippen molar-refractivity contribution >= 4 is 18.4 Å². The highest BCUT2D eigenvalue weighted by atomic mass is 32.1. The minimum absolute atomic E-state index is 0.0108. The lowest BCUT2D eigenvalue weighted by Crippen LogP contribution is -2.20. The van der Waals surface area contributed by atoms with E-state index in [1.807, 2.05) is 0 Å². The summed E-state index contributed by atoms with van der Waals surface area (Å²) in [5.74, 6) is -0.0108. The highest BCUT2D eigenvalue weighted by molar-refractivity contribution is 7.81. The molecule has 7 heavy (non-hydrogen) atoms. The molecule has 0 spiro atoms. The zero-order chi connectivity index (χ0) is 5.86. The molecule has 0 rings (SSSR count). The lowest BCUT2D eigenvalue weighted by atomic mass is 10.3. The van der Waals surface area contributed by atoms with Gasteiger partial charge in [0.1, 0.15) is 0 Å². The average molecular weight is 119 g/mol. The second-order valence-electron chi connectivity index (χ2n) is 1.35. The largest absolute Gasteiger partial charge is 0.324 e. The van der Waals surface area contributed by atoms with Gasteiger partial charge in [0, 0.05) is 0 Å². The molecule has 0 amide bonds. The smallest absolute Gasteiger partial charge is 0.158 e. The second kappa shape index (κ2) is 3.04. The van der Waals surface area contributed by atoms with E-state index in [2.05, 4.69) is 12.6 Å². The van der Waals surface area contributed by atoms with E-state index >= 15 is 0 Å². The minimum atomic E-state index is -0.204. The first-order valence-electron chi connectivity index (χ1n) is 2.09. The molecule has 0 fully saturated rings. The molecule has 0 aliphatic carbocycles. The first-order chi connectivity index (χ1) is 3.18. The molecule has 0 radical (unpaired) electrons. The SMILES string of the molecule is CC(S)C(=O)CN. The number of rotatable bonds is 2. The van der Waals surface area contributed by atoms with Crippen molar-refractivity contribution in [1.82, 2.24) is 0 Å². The number of nitrogens with two attached hydrogens (primary N) is 1. The van der Waals surface area contributed by atoms with E-state index in [9.17, 15) is 4.79 Å². The fraction of sp³-hybridized carbons (Fsp3) is 0.750. The highest BCUT2D eigenvalue weighted by Crippen LogP contribution is 1.90. The van der Waals surface area contributed by atoms with Crippen LogP contribution in [0.3, 0.4) is 0 Å². The summed E-state index contributed by atoms with van der Waals surface area (Å²) in [4.78, 5) is 10.3. The van der Waals surface area contributed by atoms with Gasteiger partial charge in [-0.05, 0) is 6.92 Å². The van der Waals surface area contributed by atoms with Crippen molar-refractivity contribution in [3.63, 3.8) is 0 Å². The van der Waals surface area contributed by atoms with E-state index < -0.39 is 0 Å². The molecule has 1 unspecified atom stereocenters. The van der Waals surface area contributed by atoms with Gasteiger partial charge in [-0.3, -0.25) is 4.79 Å². The van der Waals surface area contributed by atoms with Crippen molar-refractivity contribution in [3.8, 4) is 0 Å². The predicted molar refractivity (Wildman–Crippen MR) is 32.5 cm³/mol. The van der Waals surface area contributed by atoms with Crippen LogP contribution in [0.5, 0.6) is 0 Å². The van der Waals surface area contributed by atoms with Crippen LogP contribution in [0, 0.1) is 0 Å². The van der Waals surface area contributed by atoms with E-state index in [0.29, 0.717) is 0 Å². The van der Waals surface area contributed by atoms with E-state index in [1.54, 1.807) is 6.92 Å². The summed E-state index contributed by atoms with van der Waals surface area (Å²) in [6.45, 7) is 1.81. The third kappa shape index (κ3) is 2.65. The highest BCUT2D eigenvalue weighted by Gasteiger charge is 2.02. The van der Waals surface area contributed by atoms with Gasteiger partial charge in [-0.1, -0.05) is 0 Å². The third-order valence-corrected chi connectivity index (χ3v) is 0.955. The van der Waals surface area contributed by atoms with Gasteiger partial charge < -0.3 is 5.73 Å². The Morgan fingerprint density at radius 1 is 2.00 bits per heavy atom. The van der Waals surface area contributed by atoms with E-state index in [-0.39, 0.29) is 17.6 Å². The van der Waals surface area contributed by atoms with Crippen LogP contribution in [0.4, 0.5) is 0 Å². The summed E-state index contributed by atoms with van der Waals surface area (Å²) in [6, 6.07) is 0. The first kappa shape index (κ1) is 6.98. The minimum Gasteiger partial charge on any atom is -0.324 e. The molecule has 0 aliphatic heterocycles. The van der Waals surface area contributed by atoms with E-state index in [0.717, 1.165) is 0 Å². The maximum atomic E-state index is 10.3. The summed E-state index contributed by atoms with van der Waals surface area (Å²) < 4.78 is 0. The van der Waals surface area contributed by atoms with Crippen LogP contribution in [0.25, 0.3) is 0 Å². The van der Waals surface area contributed by atoms with E-state index in [4.69, 9.17) is 5.73 Å². The van der Waals surface area contributed by atoms with Gasteiger partial charge in [-0.15, -0.1) is 0 Å². The Balaban J connectivity index is 3.35. The summed E-state index contributed by atoms with van der Waals surface area (Å²) in [6.07, 6.45) is 0. The number of carbonyl (C=O) groups excluding carboxylic acids is 1. The van der Waals surface area contributed by atoms with Gasteiger partial charge in [0.2, 0.25) is 0 Å². The quantitative estimate of drug-likeness (QED) is 0.496. The van der Waals surface area contributed by atoms with E-state index in [1.165, 1.54) is 0 Å². The summed E-state index contributed by atoms with van der Waals surface area (Å²) in [7, 11) is 0. The number of Topliss-reactive ketones (excluding diaryl/α,β-unsaturated/α-hetero) is 1. The van der Waals surface area contributed by atoms with Crippen LogP contribution in [0.1, 0.15) is 6.92 Å².